The molecule has 0 aliphatic carbocycles. The van der Waals surface area contributed by atoms with Gasteiger partial charge in [0.2, 0.25) is 12.1 Å². The molecule has 4 amide bonds. The van der Waals surface area contributed by atoms with Crippen LogP contribution in [0.4, 0.5) is 60.5 Å². The lowest BCUT2D eigenvalue weighted by atomic mass is 10.1. The van der Waals surface area contributed by atoms with Crippen molar-refractivity contribution in [1.29, 1.82) is 0 Å². The number of hydrogen-bond donors (Lipinski definition) is 4. The van der Waals surface area contributed by atoms with Crippen LogP contribution in [0.1, 0.15) is 56.8 Å². The fourth-order valence-electron chi connectivity index (χ4n) is 6.01. The predicted molar refractivity (Wildman–Crippen MR) is 243 cm³/mol. The molecule has 68 heavy (non-hydrogen) atoms. The smallest absolute Gasteiger partial charge is 0.324 e. The van der Waals surface area contributed by atoms with Gasteiger partial charge in [0.1, 0.15) is 0 Å². The van der Waals surface area contributed by atoms with Crippen LogP contribution in [0.3, 0.4) is 0 Å². The molecule has 0 bridgehead atoms. The fourth-order valence-corrected chi connectivity index (χ4v) is 6.86. The van der Waals surface area contributed by atoms with Crippen molar-refractivity contribution in [3.8, 4) is 0 Å². The number of amides is 4. The molecule has 0 fully saturated rings. The molecular weight excluding hydrogens is 992 g/mol. The van der Waals surface area contributed by atoms with Gasteiger partial charge in [0.15, 0.2) is 11.6 Å². The van der Waals surface area contributed by atoms with Crippen molar-refractivity contribution in [1.82, 2.24) is 0 Å². The minimum Gasteiger partial charge on any atom is -0.324 e. The number of carbonyl (C=O) groups excluding carboxylic acids is 6. The number of nitrogens with one attached hydrogen (secondary N) is 4. The molecule has 2 atom stereocenters. The third-order valence-electron chi connectivity index (χ3n) is 9.44. The van der Waals surface area contributed by atoms with Gasteiger partial charge in [0.05, 0.1) is 65.1 Å². The van der Waals surface area contributed by atoms with Crippen molar-refractivity contribution >= 4 is 116 Å². The molecule has 0 aliphatic heterocycles. The zero-order valence-corrected chi connectivity index (χ0v) is 38.3. The highest BCUT2D eigenvalue weighted by Gasteiger charge is 2.36. The maximum absolute atomic E-state index is 13.6. The Morgan fingerprint density at radius 2 is 0.853 bits per heavy atom. The third kappa shape index (κ3) is 12.8. The van der Waals surface area contributed by atoms with E-state index in [0.717, 1.165) is 62.4 Å². The van der Waals surface area contributed by atoms with E-state index in [1.54, 1.807) is 13.8 Å². The molecule has 354 valence electrons. The Labute approximate surface area is 401 Å². The number of aryl methyl sites for hydroxylation is 2. The molecule has 5 aromatic rings. The van der Waals surface area contributed by atoms with Gasteiger partial charge in [-0.05, 0) is 112 Å². The van der Waals surface area contributed by atoms with Crippen LogP contribution >= 0.6 is 46.4 Å². The lowest BCUT2D eigenvalue weighted by Crippen LogP contribution is -2.32. The molecule has 0 saturated carbocycles. The normalized spacial score (nSPS) is 12.7. The van der Waals surface area contributed by atoms with Crippen LogP contribution < -0.4 is 21.3 Å². The van der Waals surface area contributed by atoms with E-state index in [1.807, 2.05) is 0 Å². The van der Waals surface area contributed by atoms with E-state index in [0.29, 0.717) is 11.1 Å². The van der Waals surface area contributed by atoms with Crippen LogP contribution in [-0.2, 0) is 31.5 Å². The Hall–Kier alpha value is -6.74. The number of rotatable bonds is 14. The fraction of sp³-hybridized carbons (Fsp3) is 0.182. The van der Waals surface area contributed by atoms with Crippen molar-refractivity contribution in [3.63, 3.8) is 0 Å². The van der Waals surface area contributed by atoms with E-state index in [1.165, 1.54) is 36.4 Å². The number of azo groups is 2. The van der Waals surface area contributed by atoms with E-state index in [9.17, 15) is 55.1 Å². The number of nitrogens with zero attached hydrogens (tertiary/aromatic N) is 4. The molecule has 0 heterocycles. The molecule has 5 aromatic carbocycles. The Morgan fingerprint density at radius 1 is 0.500 bits per heavy atom. The molecular formula is C44H32Cl4F6N8O6. The summed E-state index contributed by atoms with van der Waals surface area (Å²) in [7, 11) is 0. The SMILES string of the molecule is CC(=O)C(N=Nc1ccc(Cl)c(C(=O)Nc2c(Cl)cccc2C(F)(F)F)c1)C(=O)Nc1cc(C)c(NC(=O)C(N=Nc2ccc(Cl)c(C(=O)Nc3c(Cl)cccc3C(F)(F)F)c2)C(C)=O)cc1C. The highest BCUT2D eigenvalue weighted by Crippen LogP contribution is 2.41. The minimum atomic E-state index is -4.86. The largest absolute Gasteiger partial charge is 0.418 e. The van der Waals surface area contributed by atoms with Crippen LogP contribution in [-0.4, -0.2) is 47.3 Å². The average Bonchev–Trinajstić information content (AvgIpc) is 3.24. The average molecular weight is 1020 g/mol. The van der Waals surface area contributed by atoms with Gasteiger partial charge in [-0.2, -0.15) is 46.8 Å². The highest BCUT2D eigenvalue weighted by molar-refractivity contribution is 6.37. The summed E-state index contributed by atoms with van der Waals surface area (Å²) < 4.78 is 81.7. The second-order valence-electron chi connectivity index (χ2n) is 14.5. The van der Waals surface area contributed by atoms with Crippen molar-refractivity contribution < 1.29 is 55.1 Å². The summed E-state index contributed by atoms with van der Waals surface area (Å²) in [5.74, 6) is -5.56. The third-order valence-corrected chi connectivity index (χ3v) is 10.7. The summed E-state index contributed by atoms with van der Waals surface area (Å²) in [5.41, 5.74) is -3.67. The van der Waals surface area contributed by atoms with Gasteiger partial charge < -0.3 is 21.3 Å². The lowest BCUT2D eigenvalue weighted by Gasteiger charge is -2.16. The van der Waals surface area contributed by atoms with Crippen LogP contribution in [0.2, 0.25) is 20.1 Å². The van der Waals surface area contributed by atoms with E-state index in [-0.39, 0.29) is 43.9 Å². The summed E-state index contributed by atoms with van der Waals surface area (Å²) in [6, 6.07) is 12.3. The highest BCUT2D eigenvalue weighted by atomic mass is 35.5. The molecule has 0 aliphatic rings. The van der Waals surface area contributed by atoms with Crippen molar-refractivity contribution in [2.24, 2.45) is 20.5 Å². The van der Waals surface area contributed by atoms with E-state index in [4.69, 9.17) is 46.4 Å². The number of ketones is 2. The van der Waals surface area contributed by atoms with Gasteiger partial charge >= 0.3 is 12.4 Å². The standard InChI is InChI=1S/C44H32Cl4F6N8O6/c1-19-15-34(56-42(68)36(22(4)64)62-60-24-12-14-30(46)26(18-24)40(66)58-38-28(44(52,53)54)8-6-10-32(38)48)20(2)16-33(19)55-41(67)35(21(3)63)61-59-23-11-13-29(45)25(17-23)39(65)57-37-27(43(49,50)51)7-5-9-31(37)47/h5-18,35-36H,1-4H3,(H,55,67)(H,56,68)(H,57,65)(H,58,66). The van der Waals surface area contributed by atoms with Crippen molar-refractivity contribution in [2.75, 3.05) is 21.3 Å². The lowest BCUT2D eigenvalue weighted by molar-refractivity contribution is -0.137. The summed E-state index contributed by atoms with van der Waals surface area (Å²) in [5, 5.41) is 23.7. The Morgan fingerprint density at radius 3 is 1.18 bits per heavy atom. The number of hydrogen-bond acceptors (Lipinski definition) is 10. The Bertz CT molecular complexity index is 2740. The van der Waals surface area contributed by atoms with Gasteiger partial charge in [-0.3, -0.25) is 28.8 Å². The predicted octanol–water partition coefficient (Wildman–Crippen LogP) is 12.8. The van der Waals surface area contributed by atoms with E-state index < -0.39 is 92.2 Å². The van der Waals surface area contributed by atoms with Gasteiger partial charge in [0.25, 0.3) is 23.6 Å². The molecule has 0 radical (unpaired) electrons. The quantitative estimate of drug-likeness (QED) is 0.0484. The number of para-hydroxylation sites is 2. The van der Waals surface area contributed by atoms with E-state index in [2.05, 4.69) is 41.7 Å². The van der Waals surface area contributed by atoms with Crippen LogP contribution in [0.15, 0.2) is 105 Å². The first-order valence-electron chi connectivity index (χ1n) is 19.3. The second-order valence-corrected chi connectivity index (χ2v) is 16.1. The maximum Gasteiger partial charge on any atom is 0.418 e. The van der Waals surface area contributed by atoms with Crippen LogP contribution in [0, 0.1) is 13.8 Å². The molecule has 24 heteroatoms. The van der Waals surface area contributed by atoms with Crippen molar-refractivity contribution in [2.45, 2.75) is 52.1 Å². The number of alkyl halides is 6. The molecule has 4 N–H and O–H groups in total. The zero-order chi connectivity index (χ0) is 50.4. The Kier molecular flexibility index (Phi) is 16.5. The van der Waals surface area contributed by atoms with Gasteiger partial charge in [-0.25, -0.2) is 0 Å². The molecule has 14 nitrogen and oxygen atoms in total. The number of anilines is 4. The van der Waals surface area contributed by atoms with Crippen LogP contribution in [0.25, 0.3) is 0 Å². The first-order valence-corrected chi connectivity index (χ1v) is 20.8. The summed E-state index contributed by atoms with van der Waals surface area (Å²) in [6.45, 7) is 5.21. The molecule has 5 rings (SSSR count). The van der Waals surface area contributed by atoms with Crippen molar-refractivity contribution in [3.05, 3.63) is 138 Å². The number of halogens is 10. The van der Waals surface area contributed by atoms with Crippen LogP contribution in [0.5, 0.6) is 0 Å². The minimum absolute atomic E-state index is 0.106. The van der Waals surface area contributed by atoms with E-state index >= 15 is 0 Å². The summed E-state index contributed by atoms with van der Waals surface area (Å²) in [6.07, 6.45) is -9.72. The molecule has 0 spiro atoms. The molecule has 0 aromatic heterocycles. The molecule has 0 saturated heterocycles. The summed E-state index contributed by atoms with van der Waals surface area (Å²) >= 11 is 24.3. The number of Topliss-reactive ketones (excluding diaryl/α,β-unsaturated/α-hetero) is 2. The topological polar surface area (TPSA) is 200 Å². The number of benzene rings is 5. The second kappa shape index (κ2) is 21.5. The first kappa shape index (κ1) is 52.2. The number of carbonyl (C=O) groups is 6. The maximum atomic E-state index is 13.6. The molecule has 2 unspecified atom stereocenters. The van der Waals surface area contributed by atoms with Gasteiger partial charge in [-0.1, -0.05) is 58.5 Å². The summed E-state index contributed by atoms with van der Waals surface area (Å²) in [4.78, 5) is 78.1. The Balaban J connectivity index is 1.28. The zero-order valence-electron chi connectivity index (χ0n) is 35.3. The van der Waals surface area contributed by atoms with Gasteiger partial charge in [-0.15, -0.1) is 0 Å². The first-order chi connectivity index (χ1) is 31.8. The monoisotopic (exact) mass is 1020 g/mol. The van der Waals surface area contributed by atoms with Gasteiger partial charge in [0, 0.05) is 11.4 Å².